The van der Waals surface area contributed by atoms with Gasteiger partial charge in [-0.3, -0.25) is 14.2 Å². The van der Waals surface area contributed by atoms with Crippen molar-refractivity contribution < 1.29 is 13.6 Å². The SMILES string of the molecule is Cc1cc(C(F)F)nn1C(C)C(=O)Nc1ccn(Cc2cccc(Cl)c2)n1. The second-order valence-electron chi connectivity index (χ2n) is 6.15. The lowest BCUT2D eigenvalue weighted by atomic mass is 10.2. The molecule has 6 nitrogen and oxygen atoms in total. The number of halogens is 3. The molecule has 0 spiro atoms. The molecule has 9 heteroatoms. The molecule has 142 valence electrons. The summed E-state index contributed by atoms with van der Waals surface area (Å²) in [6.07, 6.45) is -0.947. The maximum atomic E-state index is 12.8. The van der Waals surface area contributed by atoms with Crippen molar-refractivity contribution in [2.75, 3.05) is 5.32 Å². The molecule has 3 aromatic rings. The molecule has 1 amide bonds. The van der Waals surface area contributed by atoms with Crippen LogP contribution in [0.1, 0.15) is 36.3 Å². The fourth-order valence-corrected chi connectivity index (χ4v) is 2.90. The van der Waals surface area contributed by atoms with Gasteiger partial charge in [-0.2, -0.15) is 10.2 Å². The van der Waals surface area contributed by atoms with Crippen LogP contribution in [0.2, 0.25) is 5.02 Å². The molecule has 0 radical (unpaired) electrons. The van der Waals surface area contributed by atoms with Gasteiger partial charge in [-0.25, -0.2) is 8.78 Å². The number of carbonyl (C=O) groups excluding carboxylic acids is 1. The minimum absolute atomic E-state index is 0.349. The van der Waals surface area contributed by atoms with Gasteiger partial charge in [-0.1, -0.05) is 23.7 Å². The molecular formula is C18H18ClF2N5O. The molecule has 1 atom stereocenters. The minimum atomic E-state index is -2.68. The van der Waals surface area contributed by atoms with Crippen LogP contribution in [-0.4, -0.2) is 25.5 Å². The second kappa shape index (κ2) is 7.87. The van der Waals surface area contributed by atoms with Gasteiger partial charge in [-0.15, -0.1) is 0 Å². The topological polar surface area (TPSA) is 64.7 Å². The lowest BCUT2D eigenvalue weighted by Crippen LogP contribution is -2.25. The van der Waals surface area contributed by atoms with E-state index in [1.807, 2.05) is 18.2 Å². The average molecular weight is 394 g/mol. The summed E-state index contributed by atoms with van der Waals surface area (Å²) >= 11 is 5.97. The van der Waals surface area contributed by atoms with Crippen LogP contribution in [0, 0.1) is 6.92 Å². The van der Waals surface area contributed by atoms with Gasteiger partial charge in [0.25, 0.3) is 6.43 Å². The molecule has 1 N–H and O–H groups in total. The van der Waals surface area contributed by atoms with Crippen LogP contribution in [0.15, 0.2) is 42.6 Å². The molecular weight excluding hydrogens is 376 g/mol. The van der Waals surface area contributed by atoms with Crippen molar-refractivity contribution in [3.05, 3.63) is 64.6 Å². The summed E-state index contributed by atoms with van der Waals surface area (Å²) in [7, 11) is 0. The summed E-state index contributed by atoms with van der Waals surface area (Å²) in [6, 6.07) is 9.59. The minimum Gasteiger partial charge on any atom is -0.307 e. The predicted molar refractivity (Wildman–Crippen MR) is 98.0 cm³/mol. The Balaban J connectivity index is 1.67. The normalized spacial score (nSPS) is 12.4. The van der Waals surface area contributed by atoms with Crippen molar-refractivity contribution in [2.24, 2.45) is 0 Å². The van der Waals surface area contributed by atoms with E-state index in [-0.39, 0.29) is 5.69 Å². The number of rotatable bonds is 6. The first-order valence-electron chi connectivity index (χ1n) is 8.26. The standard InChI is InChI=1S/C18H18ClF2N5O/c1-11-8-15(17(20)21)23-26(11)12(2)18(27)22-16-6-7-25(24-16)10-13-4-3-5-14(19)9-13/h3-9,12,17H,10H2,1-2H3,(H,22,24,27). The van der Waals surface area contributed by atoms with E-state index in [0.29, 0.717) is 23.1 Å². The Morgan fingerprint density at radius 2 is 2.04 bits per heavy atom. The van der Waals surface area contributed by atoms with Gasteiger partial charge in [0.15, 0.2) is 5.82 Å². The molecule has 0 aliphatic carbocycles. The predicted octanol–water partition coefficient (Wildman–Crippen LogP) is 4.23. The van der Waals surface area contributed by atoms with Gasteiger partial charge < -0.3 is 5.32 Å². The van der Waals surface area contributed by atoms with Crippen molar-refractivity contribution >= 4 is 23.3 Å². The highest BCUT2D eigenvalue weighted by Gasteiger charge is 2.21. The van der Waals surface area contributed by atoms with Crippen LogP contribution in [0.25, 0.3) is 0 Å². The van der Waals surface area contributed by atoms with Crippen LogP contribution >= 0.6 is 11.6 Å². The van der Waals surface area contributed by atoms with Crippen molar-refractivity contribution in [2.45, 2.75) is 32.9 Å². The number of amides is 1. The zero-order chi connectivity index (χ0) is 19.6. The molecule has 1 aromatic carbocycles. The van der Waals surface area contributed by atoms with Crippen molar-refractivity contribution in [3.63, 3.8) is 0 Å². The van der Waals surface area contributed by atoms with E-state index in [4.69, 9.17) is 11.6 Å². The highest BCUT2D eigenvalue weighted by Crippen LogP contribution is 2.21. The number of carbonyl (C=O) groups is 1. The zero-order valence-electron chi connectivity index (χ0n) is 14.7. The zero-order valence-corrected chi connectivity index (χ0v) is 15.5. The number of hydrogen-bond donors (Lipinski definition) is 1. The van der Waals surface area contributed by atoms with E-state index in [1.165, 1.54) is 10.7 Å². The van der Waals surface area contributed by atoms with E-state index in [9.17, 15) is 13.6 Å². The summed E-state index contributed by atoms with van der Waals surface area (Å²) in [4.78, 5) is 12.4. The Labute approximate surface area is 159 Å². The summed E-state index contributed by atoms with van der Waals surface area (Å²) in [5.41, 5.74) is 1.11. The summed E-state index contributed by atoms with van der Waals surface area (Å²) in [5, 5.41) is 11.4. The van der Waals surface area contributed by atoms with E-state index in [2.05, 4.69) is 15.5 Å². The van der Waals surface area contributed by atoms with Gasteiger partial charge in [0.1, 0.15) is 11.7 Å². The third kappa shape index (κ3) is 4.51. The fourth-order valence-electron chi connectivity index (χ4n) is 2.69. The molecule has 27 heavy (non-hydrogen) atoms. The highest BCUT2D eigenvalue weighted by atomic mass is 35.5. The number of benzene rings is 1. The highest BCUT2D eigenvalue weighted by molar-refractivity contribution is 6.30. The van der Waals surface area contributed by atoms with Gasteiger partial charge >= 0.3 is 0 Å². The quantitative estimate of drug-likeness (QED) is 0.681. The number of anilines is 1. The average Bonchev–Trinajstić information content (AvgIpc) is 3.20. The van der Waals surface area contributed by atoms with Gasteiger partial charge in [0, 0.05) is 23.0 Å². The molecule has 0 fully saturated rings. The summed E-state index contributed by atoms with van der Waals surface area (Å²) in [6.45, 7) is 3.72. The van der Waals surface area contributed by atoms with Crippen LogP contribution in [0.4, 0.5) is 14.6 Å². The smallest absolute Gasteiger partial charge is 0.282 e. The molecule has 0 aliphatic rings. The monoisotopic (exact) mass is 393 g/mol. The third-order valence-corrected chi connectivity index (χ3v) is 4.27. The first-order chi connectivity index (χ1) is 12.8. The molecule has 0 saturated heterocycles. The Bertz CT molecular complexity index is 953. The number of aryl methyl sites for hydroxylation is 1. The summed E-state index contributed by atoms with van der Waals surface area (Å²) < 4.78 is 28.5. The molecule has 0 bridgehead atoms. The number of aromatic nitrogens is 4. The maximum absolute atomic E-state index is 12.8. The largest absolute Gasteiger partial charge is 0.307 e. The lowest BCUT2D eigenvalue weighted by molar-refractivity contribution is -0.119. The fraction of sp³-hybridized carbons (Fsp3) is 0.278. The first-order valence-corrected chi connectivity index (χ1v) is 8.64. The Morgan fingerprint density at radius 3 is 2.70 bits per heavy atom. The summed E-state index contributed by atoms with van der Waals surface area (Å²) in [5.74, 6) is -0.0252. The van der Waals surface area contributed by atoms with E-state index >= 15 is 0 Å². The molecule has 2 aromatic heterocycles. The molecule has 3 rings (SSSR count). The van der Waals surface area contributed by atoms with Crippen LogP contribution in [-0.2, 0) is 11.3 Å². The molecule has 1 unspecified atom stereocenters. The Kier molecular flexibility index (Phi) is 5.55. The van der Waals surface area contributed by atoms with Gasteiger partial charge in [-0.05, 0) is 37.6 Å². The number of nitrogens with one attached hydrogen (secondary N) is 1. The van der Waals surface area contributed by atoms with Gasteiger partial charge in [0.2, 0.25) is 5.91 Å². The lowest BCUT2D eigenvalue weighted by Gasteiger charge is -2.13. The van der Waals surface area contributed by atoms with E-state index in [0.717, 1.165) is 5.56 Å². The van der Waals surface area contributed by atoms with Gasteiger partial charge in [0.05, 0.1) is 6.54 Å². The van der Waals surface area contributed by atoms with Crippen molar-refractivity contribution in [1.29, 1.82) is 0 Å². The Morgan fingerprint density at radius 1 is 1.26 bits per heavy atom. The van der Waals surface area contributed by atoms with Crippen molar-refractivity contribution in [3.8, 4) is 0 Å². The van der Waals surface area contributed by atoms with E-state index < -0.39 is 18.4 Å². The third-order valence-electron chi connectivity index (χ3n) is 4.04. The first kappa shape index (κ1) is 19.0. The van der Waals surface area contributed by atoms with E-state index in [1.54, 1.807) is 36.9 Å². The number of nitrogens with zero attached hydrogens (tertiary/aromatic N) is 4. The maximum Gasteiger partial charge on any atom is 0.282 e. The molecule has 0 aliphatic heterocycles. The Hall–Kier alpha value is -2.74. The van der Waals surface area contributed by atoms with Crippen LogP contribution in [0.3, 0.4) is 0 Å². The molecule has 0 saturated carbocycles. The molecule has 2 heterocycles. The van der Waals surface area contributed by atoms with Crippen LogP contribution in [0.5, 0.6) is 0 Å². The number of alkyl halides is 2. The second-order valence-corrected chi connectivity index (χ2v) is 6.59. The number of hydrogen-bond acceptors (Lipinski definition) is 3. The van der Waals surface area contributed by atoms with Crippen molar-refractivity contribution in [1.82, 2.24) is 19.6 Å². The van der Waals surface area contributed by atoms with Crippen LogP contribution < -0.4 is 5.32 Å².